The summed E-state index contributed by atoms with van der Waals surface area (Å²) in [4.78, 5) is 0. The summed E-state index contributed by atoms with van der Waals surface area (Å²) in [7, 11) is 1.76. The molecule has 2 atom stereocenters. The van der Waals surface area contributed by atoms with Gasteiger partial charge in [-0.25, -0.2) is 0 Å². The molecule has 80 valence electrons. The predicted octanol–water partition coefficient (Wildman–Crippen LogP) is 3.70. The lowest BCUT2D eigenvalue weighted by Gasteiger charge is -2.16. The normalized spacial score (nSPS) is 16.2. The molecule has 0 heterocycles. The number of ether oxygens (including phenoxy) is 1. The summed E-state index contributed by atoms with van der Waals surface area (Å²) in [6.07, 6.45) is 3.50. The van der Waals surface area contributed by atoms with E-state index in [4.69, 9.17) is 16.3 Å². The molecule has 0 aliphatic rings. The average molecular weight is 207 g/mol. The summed E-state index contributed by atoms with van der Waals surface area (Å²) in [6.45, 7) is 7.49. The molecule has 0 aromatic carbocycles. The van der Waals surface area contributed by atoms with Crippen molar-refractivity contribution in [1.29, 1.82) is 0 Å². The SMILES string of the molecule is COCCC(C)CCC(Cl)C(C)C. The van der Waals surface area contributed by atoms with Gasteiger partial charge in [-0.3, -0.25) is 0 Å². The number of halogens is 1. The second-order valence-electron chi connectivity index (χ2n) is 4.22. The van der Waals surface area contributed by atoms with E-state index in [1.807, 2.05) is 0 Å². The Balaban J connectivity index is 3.40. The number of methoxy groups -OCH3 is 1. The van der Waals surface area contributed by atoms with Crippen LogP contribution >= 0.6 is 11.6 Å². The van der Waals surface area contributed by atoms with Crippen LogP contribution in [-0.2, 0) is 4.74 Å². The molecule has 0 aromatic rings. The summed E-state index contributed by atoms with van der Waals surface area (Å²) >= 11 is 6.16. The van der Waals surface area contributed by atoms with E-state index in [0.717, 1.165) is 25.4 Å². The maximum absolute atomic E-state index is 6.16. The minimum Gasteiger partial charge on any atom is -0.385 e. The Kier molecular flexibility index (Phi) is 7.78. The van der Waals surface area contributed by atoms with Gasteiger partial charge < -0.3 is 4.74 Å². The van der Waals surface area contributed by atoms with Crippen molar-refractivity contribution in [2.75, 3.05) is 13.7 Å². The molecule has 1 nitrogen and oxygen atoms in total. The summed E-state index contributed by atoms with van der Waals surface area (Å²) in [5.41, 5.74) is 0. The second kappa shape index (κ2) is 7.64. The fourth-order valence-corrected chi connectivity index (χ4v) is 1.37. The Hall–Kier alpha value is 0.250. The van der Waals surface area contributed by atoms with Crippen LogP contribution in [0.2, 0.25) is 0 Å². The topological polar surface area (TPSA) is 9.23 Å². The number of hydrogen-bond donors (Lipinski definition) is 0. The van der Waals surface area contributed by atoms with Crippen molar-refractivity contribution in [2.24, 2.45) is 11.8 Å². The van der Waals surface area contributed by atoms with Crippen molar-refractivity contribution >= 4 is 11.6 Å². The highest BCUT2D eigenvalue weighted by atomic mass is 35.5. The number of alkyl halides is 1. The van der Waals surface area contributed by atoms with E-state index in [1.54, 1.807) is 7.11 Å². The van der Waals surface area contributed by atoms with Gasteiger partial charge in [0.25, 0.3) is 0 Å². The van der Waals surface area contributed by atoms with Gasteiger partial charge in [-0.05, 0) is 31.1 Å². The smallest absolute Gasteiger partial charge is 0.0464 e. The average Bonchev–Trinajstić information content (AvgIpc) is 2.10. The molecule has 0 spiro atoms. The van der Waals surface area contributed by atoms with Crippen LogP contribution in [0.1, 0.15) is 40.0 Å². The molecule has 0 amide bonds. The zero-order chi connectivity index (χ0) is 10.3. The molecular weight excluding hydrogens is 184 g/mol. The monoisotopic (exact) mass is 206 g/mol. The lowest BCUT2D eigenvalue weighted by Crippen LogP contribution is -2.10. The minimum atomic E-state index is 0.338. The highest BCUT2D eigenvalue weighted by Gasteiger charge is 2.11. The Bertz CT molecular complexity index is 115. The lowest BCUT2D eigenvalue weighted by molar-refractivity contribution is 0.177. The van der Waals surface area contributed by atoms with E-state index in [0.29, 0.717) is 11.3 Å². The summed E-state index contributed by atoms with van der Waals surface area (Å²) in [6, 6.07) is 0. The van der Waals surface area contributed by atoms with Gasteiger partial charge in [0, 0.05) is 19.1 Å². The molecule has 0 bridgehead atoms. The van der Waals surface area contributed by atoms with Crippen molar-refractivity contribution in [3.8, 4) is 0 Å². The third-order valence-electron chi connectivity index (χ3n) is 2.47. The lowest BCUT2D eigenvalue weighted by atomic mass is 9.97. The quantitative estimate of drug-likeness (QED) is 0.578. The van der Waals surface area contributed by atoms with Gasteiger partial charge in [-0.2, -0.15) is 0 Å². The Morgan fingerprint density at radius 1 is 1.08 bits per heavy atom. The van der Waals surface area contributed by atoms with Crippen molar-refractivity contribution in [1.82, 2.24) is 0 Å². The highest BCUT2D eigenvalue weighted by molar-refractivity contribution is 6.20. The molecule has 0 aliphatic heterocycles. The van der Waals surface area contributed by atoms with E-state index < -0.39 is 0 Å². The second-order valence-corrected chi connectivity index (χ2v) is 4.78. The molecule has 0 saturated carbocycles. The molecular formula is C11H23ClO. The van der Waals surface area contributed by atoms with Crippen LogP contribution in [0.15, 0.2) is 0 Å². The van der Waals surface area contributed by atoms with Crippen LogP contribution in [0.5, 0.6) is 0 Å². The van der Waals surface area contributed by atoms with Crippen LogP contribution in [0.4, 0.5) is 0 Å². The van der Waals surface area contributed by atoms with Gasteiger partial charge in [0.2, 0.25) is 0 Å². The number of hydrogen-bond acceptors (Lipinski definition) is 1. The molecule has 0 saturated heterocycles. The molecule has 2 unspecified atom stereocenters. The van der Waals surface area contributed by atoms with E-state index in [1.165, 1.54) is 6.42 Å². The van der Waals surface area contributed by atoms with Gasteiger partial charge in [0.15, 0.2) is 0 Å². The van der Waals surface area contributed by atoms with Crippen LogP contribution in [0.25, 0.3) is 0 Å². The molecule has 13 heavy (non-hydrogen) atoms. The first-order valence-corrected chi connectivity index (χ1v) is 5.64. The number of rotatable bonds is 7. The minimum absolute atomic E-state index is 0.338. The van der Waals surface area contributed by atoms with E-state index in [-0.39, 0.29) is 0 Å². The molecule has 0 aliphatic carbocycles. The van der Waals surface area contributed by atoms with E-state index in [9.17, 15) is 0 Å². The molecule has 2 heteroatoms. The van der Waals surface area contributed by atoms with Gasteiger partial charge in [0.05, 0.1) is 0 Å². The third-order valence-corrected chi connectivity index (χ3v) is 3.20. The van der Waals surface area contributed by atoms with Crippen molar-refractivity contribution in [2.45, 2.75) is 45.4 Å². The standard InChI is InChI=1S/C11H23ClO/c1-9(2)11(12)6-5-10(3)7-8-13-4/h9-11H,5-8H2,1-4H3. The van der Waals surface area contributed by atoms with Gasteiger partial charge >= 0.3 is 0 Å². The van der Waals surface area contributed by atoms with E-state index in [2.05, 4.69) is 20.8 Å². The molecule has 0 radical (unpaired) electrons. The van der Waals surface area contributed by atoms with Gasteiger partial charge in [-0.15, -0.1) is 11.6 Å². The Morgan fingerprint density at radius 3 is 2.15 bits per heavy atom. The predicted molar refractivity (Wildman–Crippen MR) is 59.4 cm³/mol. The fourth-order valence-electron chi connectivity index (χ4n) is 1.24. The van der Waals surface area contributed by atoms with Crippen molar-refractivity contribution in [3.05, 3.63) is 0 Å². The van der Waals surface area contributed by atoms with Crippen LogP contribution in [0, 0.1) is 11.8 Å². The first-order valence-electron chi connectivity index (χ1n) is 5.21. The van der Waals surface area contributed by atoms with Crippen LogP contribution < -0.4 is 0 Å². The van der Waals surface area contributed by atoms with Crippen molar-refractivity contribution < 1.29 is 4.74 Å². The molecule has 0 N–H and O–H groups in total. The zero-order valence-corrected chi connectivity index (χ0v) is 10.1. The Morgan fingerprint density at radius 2 is 1.69 bits per heavy atom. The molecule has 0 rings (SSSR count). The van der Waals surface area contributed by atoms with Gasteiger partial charge in [0.1, 0.15) is 0 Å². The zero-order valence-electron chi connectivity index (χ0n) is 9.35. The first kappa shape index (κ1) is 13.2. The van der Waals surface area contributed by atoms with Crippen LogP contribution in [-0.4, -0.2) is 19.1 Å². The molecule has 0 aromatic heterocycles. The fraction of sp³-hybridized carbons (Fsp3) is 1.00. The van der Waals surface area contributed by atoms with Crippen LogP contribution in [0.3, 0.4) is 0 Å². The summed E-state index contributed by atoms with van der Waals surface area (Å²) in [5, 5.41) is 0.338. The maximum Gasteiger partial charge on any atom is 0.0464 e. The largest absolute Gasteiger partial charge is 0.385 e. The third kappa shape index (κ3) is 7.33. The first-order chi connectivity index (χ1) is 6.07. The Labute approximate surface area is 87.8 Å². The highest BCUT2D eigenvalue weighted by Crippen LogP contribution is 2.19. The summed E-state index contributed by atoms with van der Waals surface area (Å²) in [5.74, 6) is 1.33. The maximum atomic E-state index is 6.16. The van der Waals surface area contributed by atoms with Gasteiger partial charge in [-0.1, -0.05) is 20.8 Å². The van der Waals surface area contributed by atoms with Crippen molar-refractivity contribution in [3.63, 3.8) is 0 Å². The molecule has 0 fully saturated rings. The summed E-state index contributed by atoms with van der Waals surface area (Å²) < 4.78 is 5.03. The van der Waals surface area contributed by atoms with E-state index >= 15 is 0 Å².